The number of carbonyl (C=O) groups excluding carboxylic acids is 3. The van der Waals surface area contributed by atoms with E-state index in [-0.39, 0.29) is 36.6 Å². The van der Waals surface area contributed by atoms with Crippen LogP contribution in [-0.4, -0.2) is 61.0 Å². The van der Waals surface area contributed by atoms with Gasteiger partial charge in [0.1, 0.15) is 11.9 Å². The van der Waals surface area contributed by atoms with Crippen molar-refractivity contribution in [2.75, 3.05) is 24.5 Å². The van der Waals surface area contributed by atoms with E-state index in [0.29, 0.717) is 22.9 Å². The zero-order valence-electron chi connectivity index (χ0n) is 22.9. The van der Waals surface area contributed by atoms with Crippen LogP contribution in [0.15, 0.2) is 89.8 Å². The van der Waals surface area contributed by atoms with Crippen LogP contribution < -0.4 is 4.90 Å². The lowest BCUT2D eigenvalue weighted by Gasteiger charge is -2.33. The molecule has 10 heteroatoms. The number of benzene rings is 4. The summed E-state index contributed by atoms with van der Waals surface area (Å²) in [6.45, 7) is 1.70. The Morgan fingerprint density at radius 3 is 2.21 bits per heavy atom. The summed E-state index contributed by atoms with van der Waals surface area (Å²) < 4.78 is 42.7. The largest absolute Gasteiger partial charge is 0.309 e. The second-order valence-electron chi connectivity index (χ2n) is 10.5. The Morgan fingerprint density at radius 1 is 0.929 bits per heavy atom. The molecule has 0 saturated carbocycles. The molecule has 1 atom stereocenters. The molecule has 4 aromatic rings. The van der Waals surface area contributed by atoms with E-state index in [9.17, 15) is 27.2 Å². The first-order valence-electron chi connectivity index (χ1n) is 13.7. The van der Waals surface area contributed by atoms with Crippen LogP contribution in [0.1, 0.15) is 39.1 Å². The van der Waals surface area contributed by atoms with Gasteiger partial charge in [-0.3, -0.25) is 19.3 Å². The van der Waals surface area contributed by atoms with Crippen LogP contribution in [0.2, 0.25) is 0 Å². The maximum atomic E-state index is 14.3. The monoisotopic (exact) mass is 585 g/mol. The summed E-state index contributed by atoms with van der Waals surface area (Å²) in [6, 6.07) is 21.3. The molecule has 8 nitrogen and oxygen atoms in total. The molecule has 0 radical (unpaired) electrons. The Hall–Kier alpha value is -4.41. The van der Waals surface area contributed by atoms with Crippen molar-refractivity contribution in [1.29, 1.82) is 0 Å². The summed E-state index contributed by atoms with van der Waals surface area (Å²) in [7, 11) is -3.99. The minimum absolute atomic E-state index is 0.0856. The van der Waals surface area contributed by atoms with Gasteiger partial charge in [-0.1, -0.05) is 48.0 Å². The van der Waals surface area contributed by atoms with Crippen molar-refractivity contribution >= 4 is 44.2 Å². The molecule has 3 amide bonds. The predicted octanol–water partition coefficient (Wildman–Crippen LogP) is 4.77. The number of anilines is 1. The molecule has 1 fully saturated rings. The zero-order valence-corrected chi connectivity index (χ0v) is 23.7. The fourth-order valence-corrected chi connectivity index (χ4v) is 7.45. The highest BCUT2D eigenvalue weighted by Crippen LogP contribution is 2.32. The van der Waals surface area contributed by atoms with Crippen molar-refractivity contribution in [2.24, 2.45) is 0 Å². The number of hydrogen-bond donors (Lipinski definition) is 0. The molecule has 4 aromatic carbocycles. The van der Waals surface area contributed by atoms with Crippen molar-refractivity contribution < 1.29 is 27.2 Å². The van der Waals surface area contributed by atoms with Gasteiger partial charge < -0.3 is 4.90 Å². The minimum Gasteiger partial charge on any atom is -0.309 e. The van der Waals surface area contributed by atoms with Gasteiger partial charge in [0.2, 0.25) is 15.9 Å². The summed E-state index contributed by atoms with van der Waals surface area (Å²) in [6.07, 6.45) is 0.759. The summed E-state index contributed by atoms with van der Waals surface area (Å²) in [5.74, 6) is -2.10. The van der Waals surface area contributed by atoms with E-state index in [2.05, 4.69) is 0 Å². The second-order valence-corrected chi connectivity index (χ2v) is 12.4. The Kier molecular flexibility index (Phi) is 7.12. The molecule has 1 saturated heterocycles. The van der Waals surface area contributed by atoms with Crippen molar-refractivity contribution in [2.45, 2.75) is 30.7 Å². The topological polar surface area (TPSA) is 95.1 Å². The molecular weight excluding hydrogens is 557 g/mol. The van der Waals surface area contributed by atoms with Gasteiger partial charge in [0, 0.05) is 41.8 Å². The van der Waals surface area contributed by atoms with E-state index >= 15 is 0 Å². The third-order valence-electron chi connectivity index (χ3n) is 7.91. The van der Waals surface area contributed by atoms with Crippen molar-refractivity contribution in [3.05, 3.63) is 107 Å². The number of rotatable bonds is 7. The number of nitrogens with zero attached hydrogens (tertiary/aromatic N) is 3. The van der Waals surface area contributed by atoms with Gasteiger partial charge in [0.25, 0.3) is 11.8 Å². The first kappa shape index (κ1) is 27.7. The first-order chi connectivity index (χ1) is 20.2. The number of imide groups is 1. The number of carbonyl (C=O) groups is 3. The molecule has 0 aliphatic carbocycles. The van der Waals surface area contributed by atoms with Gasteiger partial charge in [-0.2, -0.15) is 4.31 Å². The second kappa shape index (κ2) is 10.8. The standard InChI is InChI=1S/C32H28FN3O5S/c1-21-13-15-25(16-14-21)42(40,41)36-17-5-12-28(36)32(39)34(24-9-4-8-23(33)20-24)18-19-35-30(37)26-10-2-6-22-7-3-11-27(29(22)26)31(35)38/h2-4,6-11,13-16,20,28H,5,12,17-19H2,1H3. The average Bonchev–Trinajstić information content (AvgIpc) is 3.49. The molecule has 0 N–H and O–H groups in total. The van der Waals surface area contributed by atoms with E-state index in [1.54, 1.807) is 42.5 Å². The zero-order chi connectivity index (χ0) is 29.6. The Balaban J connectivity index is 1.31. The SMILES string of the molecule is Cc1ccc(S(=O)(=O)N2CCCC2C(=O)N(CCN2C(=O)c3cccc4cccc(c34)C2=O)c2cccc(F)c2)cc1. The smallest absolute Gasteiger partial charge is 0.261 e. The normalized spacial score (nSPS) is 17.2. The van der Waals surface area contributed by atoms with Gasteiger partial charge in [-0.15, -0.1) is 0 Å². The van der Waals surface area contributed by atoms with E-state index in [4.69, 9.17) is 0 Å². The Bertz CT molecular complexity index is 1790. The third-order valence-corrected chi connectivity index (χ3v) is 9.83. The fraction of sp³-hybridized carbons (Fsp3) is 0.219. The maximum Gasteiger partial charge on any atom is 0.261 e. The van der Waals surface area contributed by atoms with E-state index in [1.165, 1.54) is 39.5 Å². The highest BCUT2D eigenvalue weighted by atomic mass is 32.2. The molecular formula is C32H28FN3O5S. The lowest BCUT2D eigenvalue weighted by molar-refractivity contribution is -0.121. The van der Waals surface area contributed by atoms with E-state index in [0.717, 1.165) is 15.8 Å². The lowest BCUT2D eigenvalue weighted by atomic mass is 9.94. The summed E-state index contributed by atoms with van der Waals surface area (Å²) in [5, 5.41) is 1.37. The number of hydrogen-bond acceptors (Lipinski definition) is 5. The third kappa shape index (κ3) is 4.76. The van der Waals surface area contributed by atoms with Gasteiger partial charge in [0.15, 0.2) is 0 Å². The highest BCUT2D eigenvalue weighted by Gasteiger charge is 2.42. The minimum atomic E-state index is -3.99. The molecule has 42 heavy (non-hydrogen) atoms. The van der Waals surface area contributed by atoms with Crippen LogP contribution in [0.25, 0.3) is 10.8 Å². The van der Waals surface area contributed by atoms with Crippen molar-refractivity contribution in [3.8, 4) is 0 Å². The molecule has 1 unspecified atom stereocenters. The fourth-order valence-electron chi connectivity index (χ4n) is 5.79. The quantitative estimate of drug-likeness (QED) is 0.291. The van der Waals surface area contributed by atoms with E-state index < -0.39 is 39.6 Å². The molecule has 2 heterocycles. The summed E-state index contributed by atoms with van der Waals surface area (Å²) in [4.78, 5) is 43.5. The predicted molar refractivity (Wildman–Crippen MR) is 156 cm³/mol. The van der Waals surface area contributed by atoms with Crippen LogP contribution in [0.4, 0.5) is 10.1 Å². The molecule has 0 bridgehead atoms. The number of amides is 3. The number of aryl methyl sites for hydroxylation is 1. The lowest BCUT2D eigenvalue weighted by Crippen LogP contribution is -2.51. The highest BCUT2D eigenvalue weighted by molar-refractivity contribution is 7.89. The Labute approximate surface area is 243 Å². The van der Waals surface area contributed by atoms with Crippen LogP contribution in [-0.2, 0) is 14.8 Å². The van der Waals surface area contributed by atoms with Crippen LogP contribution in [0.3, 0.4) is 0 Å². The van der Waals surface area contributed by atoms with Gasteiger partial charge in [-0.25, -0.2) is 12.8 Å². The van der Waals surface area contributed by atoms with Crippen LogP contribution in [0.5, 0.6) is 0 Å². The van der Waals surface area contributed by atoms with Crippen molar-refractivity contribution in [3.63, 3.8) is 0 Å². The number of sulfonamides is 1. The van der Waals surface area contributed by atoms with E-state index in [1.807, 2.05) is 19.1 Å². The van der Waals surface area contributed by atoms with Gasteiger partial charge in [-0.05, 0) is 67.6 Å². The molecule has 6 rings (SSSR count). The molecule has 2 aliphatic heterocycles. The number of halogens is 1. The maximum absolute atomic E-state index is 14.3. The van der Waals surface area contributed by atoms with Crippen LogP contribution in [0, 0.1) is 12.7 Å². The van der Waals surface area contributed by atoms with Gasteiger partial charge in [0.05, 0.1) is 4.90 Å². The molecule has 0 spiro atoms. The van der Waals surface area contributed by atoms with Gasteiger partial charge >= 0.3 is 0 Å². The van der Waals surface area contributed by atoms with Crippen LogP contribution >= 0.6 is 0 Å². The molecule has 214 valence electrons. The molecule has 2 aliphatic rings. The van der Waals surface area contributed by atoms with Crippen molar-refractivity contribution in [1.82, 2.24) is 9.21 Å². The molecule has 0 aromatic heterocycles. The summed E-state index contributed by atoms with van der Waals surface area (Å²) >= 11 is 0. The average molecular weight is 586 g/mol. The summed E-state index contributed by atoms with van der Waals surface area (Å²) in [5.41, 5.74) is 1.88. The first-order valence-corrected chi connectivity index (χ1v) is 15.1. The Morgan fingerprint density at radius 2 is 1.57 bits per heavy atom.